The maximum Gasteiger partial charge on any atom is 0.460 e. The van der Waals surface area contributed by atoms with Crippen LogP contribution < -0.4 is 5.32 Å². The van der Waals surface area contributed by atoms with Crippen molar-refractivity contribution < 1.29 is 49.9 Å². The van der Waals surface area contributed by atoms with Crippen molar-refractivity contribution >= 4 is 29.2 Å². The van der Waals surface area contributed by atoms with Gasteiger partial charge in [0.05, 0.1) is 17.1 Å². The number of nitro benzene ring substituents is 1. The summed E-state index contributed by atoms with van der Waals surface area (Å²) in [7, 11) is 0. The van der Waals surface area contributed by atoms with Gasteiger partial charge in [0, 0.05) is 35.3 Å². The number of anilines is 1. The normalized spacial score (nSPS) is 12.4. The monoisotopic (exact) mass is 572 g/mol. The maximum atomic E-state index is 14.4. The minimum atomic E-state index is -6.67. The SMILES string of the molecule is O=C(Nc1ncc(C(F)(F)C(F)(F)C(F)(F)F)cc1F)c1cc([N+](=O)[O-])ccc1Sc1nncn1CCO. The predicted molar refractivity (Wildman–Crippen MR) is 111 cm³/mol. The Bertz CT molecular complexity index is 1370. The van der Waals surface area contributed by atoms with E-state index in [0.717, 1.165) is 30.0 Å². The van der Waals surface area contributed by atoms with Gasteiger partial charge < -0.3 is 15.0 Å². The molecule has 0 fully saturated rings. The number of nitrogens with zero attached hydrogens (tertiary/aromatic N) is 5. The fourth-order valence-electron chi connectivity index (χ4n) is 2.82. The van der Waals surface area contributed by atoms with Crippen molar-refractivity contribution in [3.8, 4) is 0 Å². The Labute approximate surface area is 209 Å². The molecule has 1 amide bonds. The first kappa shape index (κ1) is 28.7. The minimum absolute atomic E-state index is 0.00586. The summed E-state index contributed by atoms with van der Waals surface area (Å²) in [6.45, 7) is -0.266. The van der Waals surface area contributed by atoms with E-state index in [2.05, 4.69) is 15.2 Å². The highest BCUT2D eigenvalue weighted by atomic mass is 32.2. The lowest BCUT2D eigenvalue weighted by Crippen LogP contribution is -2.50. The molecule has 0 atom stereocenters. The molecule has 3 aromatic rings. The fraction of sp³-hybridized carbons (Fsp3) is 0.263. The fourth-order valence-corrected chi connectivity index (χ4v) is 3.75. The summed E-state index contributed by atoms with van der Waals surface area (Å²) in [4.78, 5) is 26.1. The van der Waals surface area contributed by atoms with Gasteiger partial charge in [0.2, 0.25) is 0 Å². The summed E-state index contributed by atoms with van der Waals surface area (Å²) in [5.74, 6) is -16.8. The molecule has 19 heteroatoms. The third-order valence-corrected chi connectivity index (χ3v) is 5.80. The Balaban J connectivity index is 1.95. The van der Waals surface area contributed by atoms with Gasteiger partial charge in [-0.25, -0.2) is 9.37 Å². The average molecular weight is 572 g/mol. The van der Waals surface area contributed by atoms with Crippen LogP contribution in [0.3, 0.4) is 0 Å². The number of alkyl halides is 7. The molecule has 1 aromatic carbocycles. The first-order valence-electron chi connectivity index (χ1n) is 9.84. The zero-order valence-electron chi connectivity index (χ0n) is 18.2. The smallest absolute Gasteiger partial charge is 0.395 e. The highest BCUT2D eigenvalue weighted by Crippen LogP contribution is 2.51. The number of carbonyl (C=O) groups excluding carboxylic acids is 1. The lowest BCUT2D eigenvalue weighted by Gasteiger charge is -2.28. The van der Waals surface area contributed by atoms with Crippen molar-refractivity contribution in [1.82, 2.24) is 19.7 Å². The summed E-state index contributed by atoms with van der Waals surface area (Å²) in [6.07, 6.45) is -5.61. The van der Waals surface area contributed by atoms with Crippen LogP contribution in [0.25, 0.3) is 0 Å². The topological polar surface area (TPSA) is 136 Å². The number of halogens is 8. The standard InChI is InChI=1S/C19H12F8N6O4S/c20-12-5-9(17(21,22)18(23,24)19(25,26)27)7-28-14(12)30-15(35)11-6-10(33(36)37)1-2-13(11)38-16-31-29-8-32(16)3-4-34/h1-2,5-8,34H,3-4H2,(H,28,30,35). The number of benzene rings is 1. The van der Waals surface area contributed by atoms with Crippen LogP contribution in [0, 0.1) is 15.9 Å². The molecule has 0 saturated carbocycles. The molecule has 2 aromatic heterocycles. The van der Waals surface area contributed by atoms with E-state index in [-0.39, 0.29) is 35.5 Å². The number of nitro groups is 1. The molecule has 38 heavy (non-hydrogen) atoms. The Morgan fingerprint density at radius 3 is 2.42 bits per heavy atom. The van der Waals surface area contributed by atoms with Crippen molar-refractivity contribution in [2.45, 2.75) is 34.6 Å². The zero-order chi connectivity index (χ0) is 28.5. The highest BCUT2D eigenvalue weighted by molar-refractivity contribution is 7.99. The van der Waals surface area contributed by atoms with E-state index in [4.69, 9.17) is 5.11 Å². The number of hydrogen-bond donors (Lipinski definition) is 2. The molecular formula is C19H12F8N6O4S. The summed E-state index contributed by atoms with van der Waals surface area (Å²) in [6, 6.07) is 2.56. The number of nitrogens with one attached hydrogen (secondary N) is 1. The first-order valence-corrected chi connectivity index (χ1v) is 10.7. The Kier molecular flexibility index (Phi) is 7.91. The van der Waals surface area contributed by atoms with Crippen LogP contribution in [-0.2, 0) is 12.5 Å². The van der Waals surface area contributed by atoms with E-state index in [1.807, 2.05) is 0 Å². The quantitative estimate of drug-likeness (QED) is 0.219. The van der Waals surface area contributed by atoms with Crippen LogP contribution in [0.4, 0.5) is 46.6 Å². The summed E-state index contributed by atoms with van der Waals surface area (Å²) in [5, 5.41) is 29.6. The van der Waals surface area contributed by atoms with Crippen LogP contribution in [0.15, 0.2) is 46.8 Å². The summed E-state index contributed by atoms with van der Waals surface area (Å²) >= 11 is 0.753. The maximum absolute atomic E-state index is 14.4. The Hall–Kier alpha value is -3.87. The second-order valence-corrected chi connectivity index (χ2v) is 8.23. The number of rotatable bonds is 9. The second-order valence-electron chi connectivity index (χ2n) is 7.23. The van der Waals surface area contributed by atoms with E-state index in [1.54, 1.807) is 5.32 Å². The molecule has 0 aliphatic rings. The highest BCUT2D eigenvalue weighted by Gasteiger charge is 2.73. The van der Waals surface area contributed by atoms with Crippen LogP contribution in [0.5, 0.6) is 0 Å². The van der Waals surface area contributed by atoms with E-state index < -0.39 is 57.3 Å². The van der Waals surface area contributed by atoms with Gasteiger partial charge in [0.25, 0.3) is 11.6 Å². The molecule has 0 aliphatic heterocycles. The van der Waals surface area contributed by atoms with Crippen LogP contribution in [-0.4, -0.2) is 54.4 Å². The van der Waals surface area contributed by atoms with Gasteiger partial charge in [0.1, 0.15) is 6.33 Å². The van der Waals surface area contributed by atoms with E-state index >= 15 is 0 Å². The van der Waals surface area contributed by atoms with Gasteiger partial charge in [-0.15, -0.1) is 10.2 Å². The molecule has 0 aliphatic carbocycles. The Morgan fingerprint density at radius 1 is 1.16 bits per heavy atom. The lowest BCUT2D eigenvalue weighted by molar-refractivity contribution is -0.384. The van der Waals surface area contributed by atoms with Crippen molar-refractivity contribution in [1.29, 1.82) is 0 Å². The molecule has 2 heterocycles. The van der Waals surface area contributed by atoms with E-state index in [9.17, 15) is 50.0 Å². The van der Waals surface area contributed by atoms with Gasteiger partial charge >= 0.3 is 18.0 Å². The molecule has 0 saturated heterocycles. The second kappa shape index (κ2) is 10.5. The number of carbonyl (C=O) groups is 1. The van der Waals surface area contributed by atoms with Crippen molar-refractivity contribution in [3.63, 3.8) is 0 Å². The van der Waals surface area contributed by atoms with Gasteiger partial charge in [-0.05, 0) is 23.9 Å². The molecule has 2 N–H and O–H groups in total. The third-order valence-electron chi connectivity index (χ3n) is 4.73. The van der Waals surface area contributed by atoms with Gasteiger partial charge in [-0.1, -0.05) is 0 Å². The number of aliphatic hydroxyl groups excluding tert-OH is 1. The van der Waals surface area contributed by atoms with Crippen LogP contribution >= 0.6 is 11.8 Å². The third kappa shape index (κ3) is 5.52. The molecular weight excluding hydrogens is 560 g/mol. The number of aromatic nitrogens is 4. The van der Waals surface area contributed by atoms with E-state index in [1.165, 1.54) is 10.9 Å². The molecule has 0 radical (unpaired) electrons. The minimum Gasteiger partial charge on any atom is -0.395 e. The number of non-ortho nitro benzene ring substituents is 1. The molecule has 0 spiro atoms. The number of hydrogen-bond acceptors (Lipinski definition) is 8. The zero-order valence-corrected chi connectivity index (χ0v) is 19.0. The Morgan fingerprint density at radius 2 is 1.84 bits per heavy atom. The summed E-state index contributed by atoms with van der Waals surface area (Å²) < 4.78 is 107. The predicted octanol–water partition coefficient (Wildman–Crippen LogP) is 4.41. The average Bonchev–Trinajstić information content (AvgIpc) is 3.26. The van der Waals surface area contributed by atoms with Crippen LogP contribution in [0.2, 0.25) is 0 Å². The van der Waals surface area contributed by atoms with Gasteiger partial charge in [-0.3, -0.25) is 14.9 Å². The molecule has 0 unspecified atom stereocenters. The van der Waals surface area contributed by atoms with E-state index in [0.29, 0.717) is 0 Å². The van der Waals surface area contributed by atoms with Crippen LogP contribution in [0.1, 0.15) is 15.9 Å². The first-order chi connectivity index (χ1) is 17.6. The molecule has 0 bridgehead atoms. The largest absolute Gasteiger partial charge is 0.460 e. The number of pyridine rings is 1. The van der Waals surface area contributed by atoms with Crippen molar-refractivity contribution in [2.75, 3.05) is 11.9 Å². The molecule has 3 rings (SSSR count). The number of aliphatic hydroxyl groups is 1. The molecule has 204 valence electrons. The number of amides is 1. The van der Waals surface area contributed by atoms with Crippen molar-refractivity contribution in [3.05, 3.63) is 63.8 Å². The van der Waals surface area contributed by atoms with Gasteiger partial charge in [-0.2, -0.15) is 30.7 Å². The lowest BCUT2D eigenvalue weighted by atomic mass is 10.0. The van der Waals surface area contributed by atoms with Crippen molar-refractivity contribution in [2.24, 2.45) is 0 Å². The molecule has 10 nitrogen and oxygen atoms in total. The van der Waals surface area contributed by atoms with Gasteiger partial charge in [0.15, 0.2) is 16.8 Å². The summed E-state index contributed by atoms with van der Waals surface area (Å²) in [5.41, 5.74) is -3.18.